The van der Waals surface area contributed by atoms with Crippen LogP contribution in [-0.2, 0) is 11.3 Å². The highest BCUT2D eigenvalue weighted by molar-refractivity contribution is 5.82. The highest BCUT2D eigenvalue weighted by Gasteiger charge is 2.34. The minimum Gasteiger partial charge on any atom is -0.277 e. The second kappa shape index (κ2) is 7.98. The summed E-state index contributed by atoms with van der Waals surface area (Å²) in [6.07, 6.45) is 0. The Kier molecular flexibility index (Phi) is 5.24. The maximum absolute atomic E-state index is 13.2. The summed E-state index contributed by atoms with van der Waals surface area (Å²) < 4.78 is 14.7. The number of carbonyl (C=O) groups excluding carboxylic acids is 1. The van der Waals surface area contributed by atoms with Crippen molar-refractivity contribution >= 4 is 22.8 Å². The van der Waals surface area contributed by atoms with Gasteiger partial charge in [0.1, 0.15) is 5.82 Å². The van der Waals surface area contributed by atoms with Crippen LogP contribution in [0, 0.1) is 11.7 Å². The number of para-hydroxylation sites is 1. The first-order valence-corrected chi connectivity index (χ1v) is 9.37. The third kappa shape index (κ3) is 3.69. The van der Waals surface area contributed by atoms with Gasteiger partial charge in [0.15, 0.2) is 0 Å². The van der Waals surface area contributed by atoms with Crippen molar-refractivity contribution in [2.75, 3.05) is 12.0 Å². The van der Waals surface area contributed by atoms with E-state index < -0.39 is 5.92 Å². The van der Waals surface area contributed by atoms with E-state index in [0.717, 1.165) is 5.56 Å². The van der Waals surface area contributed by atoms with Crippen molar-refractivity contribution in [1.82, 2.24) is 25.8 Å². The van der Waals surface area contributed by atoms with Crippen LogP contribution in [-0.4, -0.2) is 22.0 Å². The Morgan fingerprint density at radius 1 is 1.24 bits per heavy atom. The number of hydrogen-bond acceptors (Lipinski definition) is 6. The molecule has 0 spiro atoms. The van der Waals surface area contributed by atoms with Gasteiger partial charge in [-0.3, -0.25) is 30.4 Å². The third-order valence-electron chi connectivity index (χ3n) is 5.02. The molecule has 1 fully saturated rings. The van der Waals surface area contributed by atoms with Gasteiger partial charge in [-0.1, -0.05) is 24.3 Å². The molecule has 1 amide bonds. The van der Waals surface area contributed by atoms with Crippen LogP contribution in [0.2, 0.25) is 0 Å². The Hall–Kier alpha value is -3.30. The number of amides is 1. The van der Waals surface area contributed by atoms with Crippen molar-refractivity contribution in [3.8, 4) is 0 Å². The van der Waals surface area contributed by atoms with E-state index in [1.807, 2.05) is 6.92 Å². The molecule has 3 aromatic rings. The lowest BCUT2D eigenvalue weighted by atomic mass is 9.94. The Balaban J connectivity index is 1.53. The van der Waals surface area contributed by atoms with E-state index in [0.29, 0.717) is 24.0 Å². The fourth-order valence-corrected chi connectivity index (χ4v) is 3.49. The summed E-state index contributed by atoms with van der Waals surface area (Å²) in [7, 11) is 0. The van der Waals surface area contributed by atoms with Gasteiger partial charge >= 0.3 is 0 Å². The molecule has 1 aliphatic heterocycles. The highest BCUT2D eigenvalue weighted by atomic mass is 19.1. The molecular formula is C20H21FN6O2. The maximum atomic E-state index is 13.2. The molecule has 2 unspecified atom stereocenters. The molecule has 1 saturated heterocycles. The first kappa shape index (κ1) is 19.0. The number of nitrogens with one attached hydrogen (secondary N) is 4. The normalized spacial score (nSPS) is 18.7. The van der Waals surface area contributed by atoms with Gasteiger partial charge in [-0.05, 0) is 36.8 Å². The van der Waals surface area contributed by atoms with Crippen molar-refractivity contribution in [3.05, 3.63) is 70.3 Å². The van der Waals surface area contributed by atoms with E-state index >= 15 is 0 Å². The number of hydrogen-bond donors (Lipinski definition) is 4. The first-order valence-electron chi connectivity index (χ1n) is 9.37. The van der Waals surface area contributed by atoms with Gasteiger partial charge in [-0.2, -0.15) is 0 Å². The predicted molar refractivity (Wildman–Crippen MR) is 107 cm³/mol. The molecule has 0 radical (unpaired) electrons. The van der Waals surface area contributed by atoms with Crippen molar-refractivity contribution in [3.63, 3.8) is 0 Å². The number of nitrogens with zero attached hydrogens (tertiary/aromatic N) is 2. The number of halogens is 1. The zero-order valence-electron chi connectivity index (χ0n) is 15.8. The molecule has 1 aliphatic rings. The molecule has 4 N–H and O–H groups in total. The molecule has 2 heterocycles. The molecule has 0 aliphatic carbocycles. The van der Waals surface area contributed by atoms with E-state index in [1.54, 1.807) is 36.4 Å². The van der Waals surface area contributed by atoms with E-state index in [9.17, 15) is 14.0 Å². The van der Waals surface area contributed by atoms with Gasteiger partial charge in [0, 0.05) is 13.1 Å². The topological polar surface area (TPSA) is 100 Å². The number of hydrazine groups is 2. The van der Waals surface area contributed by atoms with Gasteiger partial charge in [-0.15, -0.1) is 0 Å². The Morgan fingerprint density at radius 2 is 2.00 bits per heavy atom. The second-order valence-corrected chi connectivity index (χ2v) is 6.78. The molecule has 1 aromatic heterocycles. The fraction of sp³-hybridized carbons (Fsp3) is 0.250. The third-order valence-corrected chi connectivity index (χ3v) is 5.02. The molecule has 9 heteroatoms. The van der Waals surface area contributed by atoms with Gasteiger partial charge in [0.2, 0.25) is 11.9 Å². The lowest BCUT2D eigenvalue weighted by Crippen LogP contribution is -2.40. The summed E-state index contributed by atoms with van der Waals surface area (Å²) in [4.78, 5) is 29.9. The van der Waals surface area contributed by atoms with Crippen molar-refractivity contribution in [2.24, 2.45) is 5.92 Å². The largest absolute Gasteiger partial charge is 0.277 e. The molecule has 2 atom stereocenters. The number of anilines is 1. The summed E-state index contributed by atoms with van der Waals surface area (Å²) in [6, 6.07) is 12.8. The van der Waals surface area contributed by atoms with Crippen molar-refractivity contribution in [2.45, 2.75) is 19.5 Å². The van der Waals surface area contributed by atoms with Crippen molar-refractivity contribution < 1.29 is 9.18 Å². The molecule has 0 saturated carbocycles. The van der Waals surface area contributed by atoms with Crippen LogP contribution in [0.5, 0.6) is 0 Å². The smallest absolute Gasteiger partial charge is 0.262 e. The van der Waals surface area contributed by atoms with Crippen LogP contribution < -0.4 is 27.3 Å². The first-order chi connectivity index (χ1) is 14.1. The van der Waals surface area contributed by atoms with E-state index in [1.165, 1.54) is 16.7 Å². The van der Waals surface area contributed by atoms with Crippen LogP contribution in [0.4, 0.5) is 10.3 Å². The van der Waals surface area contributed by atoms with Gasteiger partial charge in [-0.25, -0.2) is 14.8 Å². The van der Waals surface area contributed by atoms with Crippen LogP contribution >= 0.6 is 0 Å². The summed E-state index contributed by atoms with van der Waals surface area (Å²) in [6.45, 7) is 2.64. The quantitative estimate of drug-likeness (QED) is 0.488. The van der Waals surface area contributed by atoms with E-state index in [2.05, 4.69) is 26.7 Å². The fourth-order valence-electron chi connectivity index (χ4n) is 3.49. The number of benzene rings is 2. The minimum atomic E-state index is -0.435. The maximum Gasteiger partial charge on any atom is 0.262 e. The zero-order valence-corrected chi connectivity index (χ0v) is 15.8. The number of fused-ring (bicyclic) bond motifs is 1. The predicted octanol–water partition coefficient (Wildman–Crippen LogP) is 1.46. The second-order valence-electron chi connectivity index (χ2n) is 6.78. The summed E-state index contributed by atoms with van der Waals surface area (Å²) >= 11 is 0. The van der Waals surface area contributed by atoms with Crippen LogP contribution in [0.1, 0.15) is 18.5 Å². The number of aromatic nitrogens is 2. The van der Waals surface area contributed by atoms with Gasteiger partial charge < -0.3 is 0 Å². The van der Waals surface area contributed by atoms with Gasteiger partial charge in [0.25, 0.3) is 5.56 Å². The Bertz CT molecular complexity index is 1100. The zero-order chi connectivity index (χ0) is 20.4. The molecule has 8 nitrogen and oxygen atoms in total. The minimum absolute atomic E-state index is 0.178. The lowest BCUT2D eigenvalue weighted by molar-refractivity contribution is -0.124. The van der Waals surface area contributed by atoms with Crippen LogP contribution in [0.25, 0.3) is 10.9 Å². The summed E-state index contributed by atoms with van der Waals surface area (Å²) in [5, 5.41) is 0.520. The number of rotatable bonds is 5. The summed E-state index contributed by atoms with van der Waals surface area (Å²) in [5.74, 6) is -0.777. The van der Waals surface area contributed by atoms with E-state index in [4.69, 9.17) is 0 Å². The van der Waals surface area contributed by atoms with Crippen molar-refractivity contribution in [1.29, 1.82) is 0 Å². The van der Waals surface area contributed by atoms with E-state index in [-0.39, 0.29) is 29.3 Å². The molecular weight excluding hydrogens is 375 g/mol. The van der Waals surface area contributed by atoms with Crippen LogP contribution in [0.15, 0.2) is 53.3 Å². The highest BCUT2D eigenvalue weighted by Crippen LogP contribution is 2.25. The Labute approximate surface area is 166 Å². The molecule has 29 heavy (non-hydrogen) atoms. The molecule has 2 aromatic carbocycles. The number of carbonyl (C=O) groups is 1. The lowest BCUT2D eigenvalue weighted by Gasteiger charge is -2.20. The molecule has 4 rings (SSSR count). The van der Waals surface area contributed by atoms with Gasteiger partial charge in [0.05, 0.1) is 22.9 Å². The average Bonchev–Trinajstić information content (AvgIpc) is 3.23. The molecule has 150 valence electrons. The molecule has 0 bridgehead atoms. The average molecular weight is 396 g/mol. The summed E-state index contributed by atoms with van der Waals surface area (Å²) in [5.41, 5.74) is 12.6. The van der Waals surface area contributed by atoms with Crippen LogP contribution in [0.3, 0.4) is 0 Å². The Morgan fingerprint density at radius 3 is 2.76 bits per heavy atom. The standard InChI is InChI=1S/C20H21FN6O2/c1-2-27-19(29)14-5-3-4-6-16(14)23-20(27)26-25-18(28)15-11-22-24-17(15)12-7-9-13(21)10-8-12/h3-10,15,17,22,24H,2,11H2,1H3,(H,23,26)(H,25,28). The SMILES string of the molecule is CCn1c(NNC(=O)C2CNNC2c2ccc(F)cc2)nc2ccccc2c1=O. The monoisotopic (exact) mass is 396 g/mol.